The maximum atomic E-state index is 13.2. The Hall–Kier alpha value is -1.84. The molecule has 0 spiro atoms. The van der Waals surface area contributed by atoms with Crippen molar-refractivity contribution in [3.8, 4) is 11.1 Å². The van der Waals surface area contributed by atoms with Gasteiger partial charge in [0.05, 0.1) is 11.3 Å². The molecule has 0 saturated heterocycles. The SMILES string of the molecule is CCCCc1noc(N)c1-c1cccc(F)c1. The molecule has 0 atom stereocenters. The summed E-state index contributed by atoms with van der Waals surface area (Å²) in [5.74, 6) is -0.0359. The lowest BCUT2D eigenvalue weighted by molar-refractivity contribution is 0.426. The number of benzene rings is 1. The first-order chi connectivity index (χ1) is 8.22. The van der Waals surface area contributed by atoms with Crippen LogP contribution in [0.2, 0.25) is 0 Å². The topological polar surface area (TPSA) is 52.0 Å². The van der Waals surface area contributed by atoms with E-state index in [4.69, 9.17) is 10.3 Å². The van der Waals surface area contributed by atoms with Crippen LogP contribution in [-0.2, 0) is 6.42 Å². The van der Waals surface area contributed by atoms with Crippen molar-refractivity contribution in [1.29, 1.82) is 0 Å². The Bertz CT molecular complexity index is 508. The summed E-state index contributed by atoms with van der Waals surface area (Å²) in [7, 11) is 0. The van der Waals surface area contributed by atoms with Crippen LogP contribution in [0.1, 0.15) is 25.5 Å². The second-order valence-corrected chi connectivity index (χ2v) is 3.98. The van der Waals surface area contributed by atoms with E-state index in [1.165, 1.54) is 12.1 Å². The van der Waals surface area contributed by atoms with Crippen molar-refractivity contribution in [2.45, 2.75) is 26.2 Å². The summed E-state index contributed by atoms with van der Waals surface area (Å²) in [6, 6.07) is 6.30. The molecule has 1 aromatic heterocycles. The van der Waals surface area contributed by atoms with Crippen LogP contribution in [0.3, 0.4) is 0 Å². The number of unbranched alkanes of at least 4 members (excludes halogenated alkanes) is 1. The molecule has 3 nitrogen and oxygen atoms in total. The molecule has 1 aromatic carbocycles. The van der Waals surface area contributed by atoms with E-state index in [1.807, 2.05) is 0 Å². The molecular weight excluding hydrogens is 219 g/mol. The van der Waals surface area contributed by atoms with E-state index in [2.05, 4.69) is 12.1 Å². The fourth-order valence-corrected chi connectivity index (χ4v) is 1.81. The zero-order valence-electron chi connectivity index (χ0n) is 9.74. The van der Waals surface area contributed by atoms with Crippen molar-refractivity contribution in [2.75, 3.05) is 5.73 Å². The molecule has 0 fully saturated rings. The molecule has 0 amide bonds. The van der Waals surface area contributed by atoms with Gasteiger partial charge in [-0.15, -0.1) is 0 Å². The zero-order chi connectivity index (χ0) is 12.3. The first-order valence-electron chi connectivity index (χ1n) is 5.72. The highest BCUT2D eigenvalue weighted by atomic mass is 19.1. The molecule has 0 saturated carbocycles. The number of aryl methyl sites for hydroxylation is 1. The molecule has 90 valence electrons. The van der Waals surface area contributed by atoms with Gasteiger partial charge in [-0.05, 0) is 30.5 Å². The highest BCUT2D eigenvalue weighted by molar-refractivity contribution is 5.74. The first-order valence-corrected chi connectivity index (χ1v) is 5.72. The van der Waals surface area contributed by atoms with E-state index in [1.54, 1.807) is 12.1 Å². The second-order valence-electron chi connectivity index (χ2n) is 3.98. The minimum Gasteiger partial charge on any atom is -0.367 e. The third kappa shape index (κ3) is 2.46. The van der Waals surface area contributed by atoms with Gasteiger partial charge in [-0.3, -0.25) is 0 Å². The minimum atomic E-state index is -0.287. The van der Waals surface area contributed by atoms with Gasteiger partial charge >= 0.3 is 0 Å². The van der Waals surface area contributed by atoms with Gasteiger partial charge in [0, 0.05) is 0 Å². The van der Waals surface area contributed by atoms with Gasteiger partial charge in [0.2, 0.25) is 5.88 Å². The number of nitrogens with zero attached hydrogens (tertiary/aromatic N) is 1. The van der Waals surface area contributed by atoms with Gasteiger partial charge in [0.15, 0.2) is 0 Å². The van der Waals surface area contributed by atoms with Crippen molar-refractivity contribution in [1.82, 2.24) is 5.16 Å². The summed E-state index contributed by atoms with van der Waals surface area (Å²) in [4.78, 5) is 0. The van der Waals surface area contributed by atoms with Crippen molar-refractivity contribution in [2.24, 2.45) is 0 Å². The lowest BCUT2D eigenvalue weighted by Gasteiger charge is -2.02. The number of hydrogen-bond donors (Lipinski definition) is 1. The number of halogens is 1. The summed E-state index contributed by atoms with van der Waals surface area (Å²) >= 11 is 0. The Labute approximate surface area is 99.4 Å². The number of rotatable bonds is 4. The molecule has 2 rings (SSSR count). The first kappa shape index (κ1) is 11.6. The van der Waals surface area contributed by atoms with Gasteiger partial charge in [-0.2, -0.15) is 0 Å². The Morgan fingerprint density at radius 1 is 1.41 bits per heavy atom. The normalized spacial score (nSPS) is 10.7. The molecule has 0 unspecified atom stereocenters. The largest absolute Gasteiger partial charge is 0.367 e. The van der Waals surface area contributed by atoms with E-state index in [0.29, 0.717) is 0 Å². The summed E-state index contributed by atoms with van der Waals surface area (Å²) in [5, 5.41) is 3.94. The highest BCUT2D eigenvalue weighted by Gasteiger charge is 2.15. The zero-order valence-corrected chi connectivity index (χ0v) is 9.74. The molecule has 0 aliphatic carbocycles. The van der Waals surface area contributed by atoms with Crippen molar-refractivity contribution in [3.05, 3.63) is 35.8 Å². The fourth-order valence-electron chi connectivity index (χ4n) is 1.81. The van der Waals surface area contributed by atoms with E-state index >= 15 is 0 Å². The van der Waals surface area contributed by atoms with Gasteiger partial charge in [-0.25, -0.2) is 4.39 Å². The molecule has 2 aromatic rings. The number of nitrogen functional groups attached to an aromatic ring is 1. The van der Waals surface area contributed by atoms with Crippen molar-refractivity contribution >= 4 is 5.88 Å². The summed E-state index contributed by atoms with van der Waals surface area (Å²) in [6.07, 6.45) is 2.87. The molecule has 0 radical (unpaired) electrons. The maximum absolute atomic E-state index is 13.2. The quantitative estimate of drug-likeness (QED) is 0.882. The molecule has 0 aliphatic rings. The van der Waals surface area contributed by atoms with E-state index < -0.39 is 0 Å². The highest BCUT2D eigenvalue weighted by Crippen LogP contribution is 2.30. The molecular formula is C13H15FN2O. The number of anilines is 1. The molecule has 2 N–H and O–H groups in total. The Morgan fingerprint density at radius 2 is 2.24 bits per heavy atom. The summed E-state index contributed by atoms with van der Waals surface area (Å²) in [6.45, 7) is 2.10. The van der Waals surface area contributed by atoms with Crippen LogP contribution in [0.15, 0.2) is 28.8 Å². The summed E-state index contributed by atoms with van der Waals surface area (Å²) in [5.41, 5.74) is 7.98. The van der Waals surface area contributed by atoms with Gasteiger partial charge in [0.1, 0.15) is 5.82 Å². The Balaban J connectivity index is 2.39. The number of nitrogens with two attached hydrogens (primary N) is 1. The van der Waals surface area contributed by atoms with Crippen molar-refractivity contribution < 1.29 is 8.91 Å². The monoisotopic (exact) mass is 234 g/mol. The Morgan fingerprint density at radius 3 is 2.94 bits per heavy atom. The van der Waals surface area contributed by atoms with Crippen LogP contribution in [0.4, 0.5) is 10.3 Å². The standard InChI is InChI=1S/C13H15FN2O/c1-2-3-7-11-12(13(15)17-16-11)9-5-4-6-10(14)8-9/h4-6,8H,2-3,7,15H2,1H3. The van der Waals surface area contributed by atoms with Crippen LogP contribution in [-0.4, -0.2) is 5.16 Å². The van der Waals surface area contributed by atoms with Crippen LogP contribution in [0.5, 0.6) is 0 Å². The smallest absolute Gasteiger partial charge is 0.230 e. The average molecular weight is 234 g/mol. The molecule has 17 heavy (non-hydrogen) atoms. The second kappa shape index (κ2) is 4.99. The summed E-state index contributed by atoms with van der Waals surface area (Å²) < 4.78 is 18.2. The van der Waals surface area contributed by atoms with Crippen LogP contribution in [0, 0.1) is 5.82 Å². The van der Waals surface area contributed by atoms with Gasteiger partial charge in [0.25, 0.3) is 0 Å². The maximum Gasteiger partial charge on any atom is 0.230 e. The van der Waals surface area contributed by atoms with Crippen LogP contribution in [0.25, 0.3) is 11.1 Å². The van der Waals surface area contributed by atoms with Crippen LogP contribution < -0.4 is 5.73 Å². The molecule has 1 heterocycles. The lowest BCUT2D eigenvalue weighted by atomic mass is 10.0. The number of hydrogen-bond acceptors (Lipinski definition) is 3. The third-order valence-corrected chi connectivity index (χ3v) is 2.67. The van der Waals surface area contributed by atoms with E-state index in [0.717, 1.165) is 36.1 Å². The molecule has 0 bridgehead atoms. The fraction of sp³-hybridized carbons (Fsp3) is 0.308. The average Bonchev–Trinajstić information content (AvgIpc) is 2.68. The molecule has 4 heteroatoms. The predicted octanol–water partition coefficient (Wildman–Crippen LogP) is 3.41. The number of aromatic nitrogens is 1. The third-order valence-electron chi connectivity index (χ3n) is 2.67. The van der Waals surface area contributed by atoms with E-state index in [-0.39, 0.29) is 11.7 Å². The predicted molar refractivity (Wildman–Crippen MR) is 64.9 cm³/mol. The van der Waals surface area contributed by atoms with Gasteiger partial charge < -0.3 is 10.3 Å². The minimum absolute atomic E-state index is 0.252. The van der Waals surface area contributed by atoms with Crippen LogP contribution >= 0.6 is 0 Å². The van der Waals surface area contributed by atoms with Crippen molar-refractivity contribution in [3.63, 3.8) is 0 Å². The Kier molecular flexibility index (Phi) is 3.42. The van der Waals surface area contributed by atoms with Gasteiger partial charge in [-0.1, -0.05) is 30.6 Å². The lowest BCUT2D eigenvalue weighted by Crippen LogP contribution is -1.92. The molecule has 0 aliphatic heterocycles. The van der Waals surface area contributed by atoms with E-state index in [9.17, 15) is 4.39 Å².